The second-order valence-corrected chi connectivity index (χ2v) is 6.46. The number of para-hydroxylation sites is 1. The lowest BCUT2D eigenvalue weighted by Gasteiger charge is -2.16. The molecule has 0 aliphatic rings. The number of anilines is 1. The molecule has 0 aliphatic heterocycles. The van der Waals surface area contributed by atoms with E-state index in [1.165, 1.54) is 36.2 Å². The van der Waals surface area contributed by atoms with Crippen LogP contribution in [0, 0.1) is 13.8 Å². The Kier molecular flexibility index (Phi) is 6.62. The Morgan fingerprint density at radius 2 is 1.61 bits per heavy atom. The van der Waals surface area contributed by atoms with Gasteiger partial charge in [0.1, 0.15) is 0 Å². The number of hydrogen-bond acceptors (Lipinski definition) is 2. The zero-order valence-electron chi connectivity index (χ0n) is 15.8. The summed E-state index contributed by atoms with van der Waals surface area (Å²) in [7, 11) is 1.48. The maximum Gasteiger partial charge on any atom is 0.416 e. The lowest BCUT2D eigenvalue weighted by atomic mass is 10.1. The van der Waals surface area contributed by atoms with E-state index in [1.807, 2.05) is 32.0 Å². The van der Waals surface area contributed by atoms with Crippen molar-refractivity contribution in [1.29, 1.82) is 0 Å². The fourth-order valence-corrected chi connectivity index (χ4v) is 2.56. The number of halogens is 3. The third kappa shape index (κ3) is 5.70. The van der Waals surface area contributed by atoms with Gasteiger partial charge in [-0.05, 0) is 48.7 Å². The topological polar surface area (TPSA) is 49.4 Å². The van der Waals surface area contributed by atoms with Crippen LogP contribution in [0.5, 0.6) is 0 Å². The Labute approximate surface area is 161 Å². The van der Waals surface area contributed by atoms with E-state index in [1.54, 1.807) is 0 Å². The highest BCUT2D eigenvalue weighted by Gasteiger charge is 2.29. The molecule has 0 aliphatic carbocycles. The first-order valence-corrected chi connectivity index (χ1v) is 8.54. The predicted octanol–water partition coefficient (Wildman–Crippen LogP) is 4.43. The van der Waals surface area contributed by atoms with Gasteiger partial charge in [0.2, 0.25) is 11.8 Å². The van der Waals surface area contributed by atoms with Crippen molar-refractivity contribution in [1.82, 2.24) is 4.90 Å². The highest BCUT2D eigenvalue weighted by molar-refractivity contribution is 5.98. The van der Waals surface area contributed by atoms with Crippen LogP contribution in [-0.4, -0.2) is 30.3 Å². The number of alkyl halides is 3. The molecule has 28 heavy (non-hydrogen) atoms. The van der Waals surface area contributed by atoms with Gasteiger partial charge in [0.15, 0.2) is 0 Å². The Bertz CT molecular complexity index is 867. The van der Waals surface area contributed by atoms with Crippen molar-refractivity contribution >= 4 is 23.6 Å². The second-order valence-electron chi connectivity index (χ2n) is 6.46. The van der Waals surface area contributed by atoms with Crippen molar-refractivity contribution in [2.45, 2.75) is 20.0 Å². The van der Waals surface area contributed by atoms with Crippen LogP contribution in [0.3, 0.4) is 0 Å². The number of nitrogens with zero attached hydrogens (tertiary/aromatic N) is 1. The van der Waals surface area contributed by atoms with Gasteiger partial charge in [0.05, 0.1) is 12.1 Å². The number of rotatable bonds is 5. The highest BCUT2D eigenvalue weighted by Crippen LogP contribution is 2.29. The molecule has 0 atom stereocenters. The zero-order valence-corrected chi connectivity index (χ0v) is 15.8. The summed E-state index contributed by atoms with van der Waals surface area (Å²) in [5, 5.41) is 2.79. The molecule has 2 aromatic carbocycles. The Morgan fingerprint density at radius 3 is 2.14 bits per heavy atom. The van der Waals surface area contributed by atoms with E-state index in [2.05, 4.69) is 5.32 Å². The monoisotopic (exact) mass is 390 g/mol. The minimum absolute atomic E-state index is 0.149. The summed E-state index contributed by atoms with van der Waals surface area (Å²) in [5.41, 5.74) is 2.26. The molecule has 0 bridgehead atoms. The normalized spacial score (nSPS) is 11.5. The van der Waals surface area contributed by atoms with Crippen LogP contribution in [0.25, 0.3) is 6.08 Å². The third-order valence-corrected chi connectivity index (χ3v) is 4.16. The lowest BCUT2D eigenvalue weighted by molar-refractivity contribution is -0.137. The molecule has 148 valence electrons. The number of likely N-dealkylation sites (N-methyl/N-ethyl adjacent to an activating group) is 1. The maximum absolute atomic E-state index is 12.6. The first-order chi connectivity index (χ1) is 13.1. The van der Waals surface area contributed by atoms with Crippen molar-refractivity contribution in [2.75, 3.05) is 18.9 Å². The number of nitrogens with one attached hydrogen (secondary N) is 1. The van der Waals surface area contributed by atoms with Gasteiger partial charge in [0.25, 0.3) is 0 Å². The average molecular weight is 390 g/mol. The summed E-state index contributed by atoms with van der Waals surface area (Å²) in [6.45, 7) is 3.61. The van der Waals surface area contributed by atoms with Crippen molar-refractivity contribution < 1.29 is 22.8 Å². The molecule has 0 saturated carbocycles. The lowest BCUT2D eigenvalue weighted by Crippen LogP contribution is -2.34. The molecule has 0 heterocycles. The predicted molar refractivity (Wildman–Crippen MR) is 103 cm³/mol. The van der Waals surface area contributed by atoms with Gasteiger partial charge in [-0.15, -0.1) is 0 Å². The van der Waals surface area contributed by atoms with Gasteiger partial charge in [-0.3, -0.25) is 9.59 Å². The second kappa shape index (κ2) is 8.73. The van der Waals surface area contributed by atoms with Gasteiger partial charge >= 0.3 is 6.18 Å². The van der Waals surface area contributed by atoms with Crippen LogP contribution < -0.4 is 5.32 Å². The Morgan fingerprint density at radius 1 is 1.04 bits per heavy atom. The van der Waals surface area contributed by atoms with E-state index in [4.69, 9.17) is 0 Å². The molecule has 0 unspecified atom stereocenters. The van der Waals surface area contributed by atoms with Crippen LogP contribution in [0.15, 0.2) is 48.5 Å². The molecule has 4 nitrogen and oxygen atoms in total. The standard InChI is InChI=1S/C21H21F3N2O2/c1-14-5-4-6-15(2)20(14)25-18(27)13-26(3)19(28)12-9-16-7-10-17(11-8-16)21(22,23)24/h4-12H,13H2,1-3H3,(H,25,27)/b12-9+. The summed E-state index contributed by atoms with van der Waals surface area (Å²) >= 11 is 0. The molecule has 0 radical (unpaired) electrons. The molecule has 2 amide bonds. The van der Waals surface area contributed by atoms with E-state index in [0.717, 1.165) is 23.3 Å². The zero-order chi connectivity index (χ0) is 20.9. The van der Waals surface area contributed by atoms with Gasteiger partial charge < -0.3 is 10.2 Å². The summed E-state index contributed by atoms with van der Waals surface area (Å²) in [6.07, 6.45) is -1.78. The molecule has 2 rings (SSSR count). The summed E-state index contributed by atoms with van der Waals surface area (Å²) in [5.74, 6) is -0.771. The van der Waals surface area contributed by atoms with E-state index >= 15 is 0 Å². The molecule has 0 fully saturated rings. The van der Waals surface area contributed by atoms with Gasteiger partial charge in [0, 0.05) is 18.8 Å². The number of carbonyl (C=O) groups is 2. The van der Waals surface area contributed by atoms with Gasteiger partial charge in [-0.2, -0.15) is 13.2 Å². The van der Waals surface area contributed by atoms with E-state index in [9.17, 15) is 22.8 Å². The summed E-state index contributed by atoms with van der Waals surface area (Å²) < 4.78 is 37.7. The van der Waals surface area contributed by atoms with Crippen LogP contribution in [0.4, 0.5) is 18.9 Å². The first-order valence-electron chi connectivity index (χ1n) is 8.54. The minimum atomic E-state index is -4.40. The third-order valence-electron chi connectivity index (χ3n) is 4.16. The van der Waals surface area contributed by atoms with Crippen LogP contribution in [-0.2, 0) is 15.8 Å². The first kappa shape index (κ1) is 21.2. The number of amides is 2. The van der Waals surface area contributed by atoms with Crippen molar-refractivity contribution in [3.05, 3.63) is 70.8 Å². The number of aryl methyl sites for hydroxylation is 2. The van der Waals surface area contributed by atoms with Crippen molar-refractivity contribution in [2.24, 2.45) is 0 Å². The minimum Gasteiger partial charge on any atom is -0.333 e. The van der Waals surface area contributed by atoms with Crippen LogP contribution >= 0.6 is 0 Å². The van der Waals surface area contributed by atoms with Crippen molar-refractivity contribution in [3.63, 3.8) is 0 Å². The fourth-order valence-electron chi connectivity index (χ4n) is 2.56. The van der Waals surface area contributed by atoms with Gasteiger partial charge in [-0.1, -0.05) is 30.3 Å². The van der Waals surface area contributed by atoms with Crippen LogP contribution in [0.2, 0.25) is 0 Å². The SMILES string of the molecule is Cc1cccc(C)c1NC(=O)CN(C)C(=O)/C=C/c1ccc(C(F)(F)F)cc1. The molecule has 2 aromatic rings. The maximum atomic E-state index is 12.6. The van der Waals surface area contributed by atoms with Gasteiger partial charge in [-0.25, -0.2) is 0 Å². The molecule has 0 saturated heterocycles. The quantitative estimate of drug-likeness (QED) is 0.768. The highest BCUT2D eigenvalue weighted by atomic mass is 19.4. The molecule has 0 spiro atoms. The Balaban J connectivity index is 1.95. The number of carbonyl (C=O) groups excluding carboxylic acids is 2. The smallest absolute Gasteiger partial charge is 0.333 e. The largest absolute Gasteiger partial charge is 0.416 e. The Hall–Kier alpha value is -3.09. The number of hydrogen-bond donors (Lipinski definition) is 1. The van der Waals surface area contributed by atoms with E-state index in [0.29, 0.717) is 11.3 Å². The summed E-state index contributed by atoms with van der Waals surface area (Å²) in [4.78, 5) is 25.6. The van der Waals surface area contributed by atoms with E-state index in [-0.39, 0.29) is 12.5 Å². The molecule has 1 N–H and O–H groups in total. The fraction of sp³-hybridized carbons (Fsp3) is 0.238. The molecular weight excluding hydrogens is 369 g/mol. The summed E-state index contributed by atoms with van der Waals surface area (Å²) in [6, 6.07) is 10.1. The molecule has 7 heteroatoms. The van der Waals surface area contributed by atoms with Crippen LogP contribution in [0.1, 0.15) is 22.3 Å². The average Bonchev–Trinajstić information content (AvgIpc) is 2.62. The van der Waals surface area contributed by atoms with Crippen molar-refractivity contribution in [3.8, 4) is 0 Å². The van der Waals surface area contributed by atoms with E-state index < -0.39 is 17.6 Å². The molecule has 0 aromatic heterocycles. The number of benzene rings is 2. The molecular formula is C21H21F3N2O2.